The smallest absolute Gasteiger partial charge is 0.399 e. The summed E-state index contributed by atoms with van der Waals surface area (Å²) in [7, 11) is -0.412. The van der Waals surface area contributed by atoms with Gasteiger partial charge in [-0.1, -0.05) is 12.1 Å². The number of carbonyl (C=O) groups is 1. The third kappa shape index (κ3) is 1.96. The van der Waals surface area contributed by atoms with Gasteiger partial charge in [0.15, 0.2) is 0 Å². The van der Waals surface area contributed by atoms with Gasteiger partial charge in [-0.25, -0.2) is 4.42 Å². The fourth-order valence-corrected chi connectivity index (χ4v) is 2.66. The number of hydrogen-bond acceptors (Lipinski definition) is 3. The van der Waals surface area contributed by atoms with Gasteiger partial charge in [0.05, 0.1) is 23.3 Å². The fourth-order valence-electron chi connectivity index (χ4n) is 2.43. The Morgan fingerprint density at radius 1 is 1.20 bits per heavy atom. The molecule has 0 bridgehead atoms. The molecule has 1 aromatic carbocycles. The van der Waals surface area contributed by atoms with Gasteiger partial charge in [0.1, 0.15) is 0 Å². The molecular weight excluding hydrogens is 276 g/mol. The Morgan fingerprint density at radius 3 is 2.40 bits per heavy atom. The van der Waals surface area contributed by atoms with Crippen molar-refractivity contribution in [3.05, 3.63) is 23.8 Å². The van der Waals surface area contributed by atoms with Crippen molar-refractivity contribution in [1.29, 1.82) is 0 Å². The minimum absolute atomic E-state index is 0.104. The highest BCUT2D eigenvalue weighted by Gasteiger charge is 2.51. The molecule has 1 fully saturated rings. The van der Waals surface area contributed by atoms with E-state index in [9.17, 15) is 4.79 Å². The summed E-state index contributed by atoms with van der Waals surface area (Å²) in [6.45, 7) is 8.07. The van der Waals surface area contributed by atoms with Crippen LogP contribution in [-0.2, 0) is 20.5 Å². The molecule has 0 saturated carbocycles. The first-order valence-electron chi connectivity index (χ1n) is 6.68. The largest absolute Gasteiger partial charge is 0.494 e. The highest BCUT2D eigenvalue weighted by Crippen LogP contribution is 2.37. The maximum atomic E-state index is 11.6. The monoisotopic (exact) mass is 293 g/mol. The molecule has 20 heavy (non-hydrogen) atoms. The Balaban J connectivity index is 1.91. The number of hydrogen-bond donors (Lipinski definition) is 0. The van der Waals surface area contributed by atoms with E-state index in [2.05, 4.69) is 0 Å². The molecule has 1 amide bonds. The average molecular weight is 294 g/mol. The van der Waals surface area contributed by atoms with Crippen LogP contribution in [0.15, 0.2) is 18.2 Å². The number of amides is 1. The van der Waals surface area contributed by atoms with E-state index in [0.29, 0.717) is 6.42 Å². The Hall–Kier alpha value is -1.04. The predicted octanol–water partition coefficient (Wildman–Crippen LogP) is 2.03. The van der Waals surface area contributed by atoms with E-state index in [-0.39, 0.29) is 17.1 Å². The second kappa shape index (κ2) is 4.23. The highest BCUT2D eigenvalue weighted by atomic mass is 35.5. The molecular formula is C14H17BClNO3. The van der Waals surface area contributed by atoms with E-state index in [1.54, 1.807) is 0 Å². The van der Waals surface area contributed by atoms with Crippen LogP contribution in [0.1, 0.15) is 33.3 Å². The molecule has 1 saturated heterocycles. The van der Waals surface area contributed by atoms with Crippen LogP contribution in [0.4, 0.5) is 5.69 Å². The van der Waals surface area contributed by atoms with Crippen molar-refractivity contribution in [1.82, 2.24) is 0 Å². The maximum Gasteiger partial charge on any atom is 0.494 e. The van der Waals surface area contributed by atoms with E-state index in [1.165, 1.54) is 4.42 Å². The summed E-state index contributed by atoms with van der Waals surface area (Å²) < 4.78 is 13.2. The number of anilines is 1. The molecule has 3 rings (SSSR count). The molecule has 0 radical (unpaired) electrons. The van der Waals surface area contributed by atoms with E-state index in [4.69, 9.17) is 21.1 Å². The van der Waals surface area contributed by atoms with Crippen LogP contribution in [0.25, 0.3) is 0 Å². The third-order valence-electron chi connectivity index (χ3n) is 4.40. The topological polar surface area (TPSA) is 38.8 Å². The minimum Gasteiger partial charge on any atom is -0.399 e. The van der Waals surface area contributed by atoms with E-state index in [1.807, 2.05) is 45.9 Å². The maximum absolute atomic E-state index is 11.6. The third-order valence-corrected chi connectivity index (χ3v) is 4.77. The summed E-state index contributed by atoms with van der Waals surface area (Å²) in [4.78, 5) is 11.6. The summed E-state index contributed by atoms with van der Waals surface area (Å²) in [5.41, 5.74) is 1.84. The van der Waals surface area contributed by atoms with Crippen molar-refractivity contribution in [2.45, 2.75) is 45.3 Å². The number of nitrogens with zero attached hydrogens (tertiary/aromatic N) is 1. The molecule has 0 N–H and O–H groups in total. The lowest BCUT2D eigenvalue weighted by Gasteiger charge is -2.32. The van der Waals surface area contributed by atoms with Gasteiger partial charge in [-0.05, 0) is 44.8 Å². The van der Waals surface area contributed by atoms with Crippen LogP contribution in [-0.4, -0.2) is 24.2 Å². The molecule has 106 valence electrons. The van der Waals surface area contributed by atoms with Crippen LogP contribution >= 0.6 is 11.8 Å². The first-order chi connectivity index (χ1) is 9.21. The van der Waals surface area contributed by atoms with Crippen LogP contribution in [0, 0.1) is 0 Å². The zero-order valence-corrected chi connectivity index (χ0v) is 12.8. The Labute approximate surface area is 124 Å². The standard InChI is InChI=1S/C14H17BClNO3/c1-13(2)14(3,4)20-15(19-13)10-5-6-11-9(7-10)8-12(18)17(11)16/h5-7H,8H2,1-4H3. The zero-order chi connectivity index (χ0) is 14.7. The van der Waals surface area contributed by atoms with Crippen molar-refractivity contribution in [2.75, 3.05) is 4.42 Å². The lowest BCUT2D eigenvalue weighted by molar-refractivity contribution is -0.116. The summed E-state index contributed by atoms with van der Waals surface area (Å²) in [6.07, 6.45) is 0.326. The Morgan fingerprint density at radius 2 is 1.80 bits per heavy atom. The number of rotatable bonds is 1. The SMILES string of the molecule is CC1(C)OB(c2ccc3c(c2)CC(=O)N3Cl)OC1(C)C. The molecule has 0 spiro atoms. The predicted molar refractivity (Wildman–Crippen MR) is 79.2 cm³/mol. The summed E-state index contributed by atoms with van der Waals surface area (Å²) >= 11 is 5.92. The normalized spacial score (nSPS) is 23.4. The lowest BCUT2D eigenvalue weighted by Crippen LogP contribution is -2.41. The van der Waals surface area contributed by atoms with Gasteiger partial charge in [-0.3, -0.25) is 4.79 Å². The summed E-state index contributed by atoms with van der Waals surface area (Å²) in [5.74, 6) is -0.104. The molecule has 2 aliphatic rings. The molecule has 0 aliphatic carbocycles. The molecule has 2 heterocycles. The van der Waals surface area contributed by atoms with Gasteiger partial charge in [0.2, 0.25) is 5.91 Å². The van der Waals surface area contributed by atoms with Crippen LogP contribution in [0.2, 0.25) is 0 Å². The number of carbonyl (C=O) groups excluding carboxylic acids is 1. The van der Waals surface area contributed by atoms with Gasteiger partial charge < -0.3 is 9.31 Å². The van der Waals surface area contributed by atoms with Gasteiger partial charge >= 0.3 is 7.12 Å². The lowest BCUT2D eigenvalue weighted by atomic mass is 9.78. The molecule has 1 aromatic rings. The molecule has 0 atom stereocenters. The van der Waals surface area contributed by atoms with Gasteiger partial charge in [0, 0.05) is 11.8 Å². The first-order valence-corrected chi connectivity index (χ1v) is 7.02. The van der Waals surface area contributed by atoms with Gasteiger partial charge in [-0.2, -0.15) is 0 Å². The van der Waals surface area contributed by atoms with E-state index in [0.717, 1.165) is 16.7 Å². The van der Waals surface area contributed by atoms with Gasteiger partial charge in [-0.15, -0.1) is 0 Å². The number of fused-ring (bicyclic) bond motifs is 1. The minimum atomic E-state index is -0.412. The van der Waals surface area contributed by atoms with Crippen molar-refractivity contribution >= 4 is 36.0 Å². The average Bonchev–Trinajstić information content (AvgIpc) is 2.74. The van der Waals surface area contributed by atoms with Crippen molar-refractivity contribution in [3.63, 3.8) is 0 Å². The summed E-state index contributed by atoms with van der Waals surface area (Å²) in [6, 6.07) is 5.68. The number of benzene rings is 1. The molecule has 2 aliphatic heterocycles. The van der Waals surface area contributed by atoms with Crippen LogP contribution in [0.5, 0.6) is 0 Å². The van der Waals surface area contributed by atoms with E-state index >= 15 is 0 Å². The van der Waals surface area contributed by atoms with Crippen molar-refractivity contribution in [2.24, 2.45) is 0 Å². The van der Waals surface area contributed by atoms with E-state index < -0.39 is 7.12 Å². The first kappa shape index (κ1) is 13.9. The van der Waals surface area contributed by atoms with Gasteiger partial charge in [0.25, 0.3) is 0 Å². The Kier molecular flexibility index (Phi) is 2.94. The second-order valence-electron chi connectivity index (χ2n) is 6.33. The molecule has 0 aromatic heterocycles. The van der Waals surface area contributed by atoms with Crippen molar-refractivity contribution in [3.8, 4) is 0 Å². The second-order valence-corrected chi connectivity index (χ2v) is 6.67. The van der Waals surface area contributed by atoms with Crippen molar-refractivity contribution < 1.29 is 14.1 Å². The van der Waals surface area contributed by atoms with Crippen LogP contribution < -0.4 is 9.88 Å². The molecule has 6 heteroatoms. The number of halogens is 1. The van der Waals surface area contributed by atoms with Crippen LogP contribution in [0.3, 0.4) is 0 Å². The quantitative estimate of drug-likeness (QED) is 0.587. The molecule has 0 unspecified atom stereocenters. The summed E-state index contributed by atoms with van der Waals surface area (Å²) in [5, 5.41) is 0. The zero-order valence-electron chi connectivity index (χ0n) is 12.1. The highest BCUT2D eigenvalue weighted by molar-refractivity contribution is 6.62. The fraction of sp³-hybridized carbons (Fsp3) is 0.500. The Bertz CT molecular complexity index is 572. The molecule has 4 nitrogen and oxygen atoms in total.